The maximum Gasteiger partial charge on any atom is 0.354 e. The Hall–Kier alpha value is -2.80. The smallest absolute Gasteiger partial charge is 0.354 e. The zero-order valence-corrected chi connectivity index (χ0v) is 17.2. The summed E-state index contributed by atoms with van der Waals surface area (Å²) in [4.78, 5) is 15.1. The van der Waals surface area contributed by atoms with Crippen molar-refractivity contribution in [3.05, 3.63) is 59.8 Å². The molecule has 1 aromatic heterocycles. The van der Waals surface area contributed by atoms with Crippen molar-refractivity contribution in [2.45, 2.75) is 38.0 Å². The van der Waals surface area contributed by atoms with Gasteiger partial charge in [-0.2, -0.15) is 0 Å². The van der Waals surface area contributed by atoms with E-state index in [2.05, 4.69) is 30.5 Å². The summed E-state index contributed by atoms with van der Waals surface area (Å²) < 4.78 is 33.3. The predicted molar refractivity (Wildman–Crippen MR) is 110 cm³/mol. The minimum absolute atomic E-state index is 0.0605. The summed E-state index contributed by atoms with van der Waals surface area (Å²) in [5.41, 5.74) is 2.16. The highest BCUT2D eigenvalue weighted by molar-refractivity contribution is 7.92. The van der Waals surface area contributed by atoms with Crippen molar-refractivity contribution in [3.8, 4) is 0 Å². The quantitative estimate of drug-likeness (QED) is 0.620. The Balaban J connectivity index is 1.94. The van der Waals surface area contributed by atoms with Crippen molar-refractivity contribution in [3.63, 3.8) is 0 Å². The van der Waals surface area contributed by atoms with Crippen molar-refractivity contribution >= 4 is 32.6 Å². The highest BCUT2D eigenvalue weighted by Gasteiger charge is 2.19. The van der Waals surface area contributed by atoms with E-state index in [-0.39, 0.29) is 22.6 Å². The van der Waals surface area contributed by atoms with E-state index in [1.807, 2.05) is 12.1 Å². The van der Waals surface area contributed by atoms with Crippen LogP contribution in [-0.4, -0.2) is 26.0 Å². The Morgan fingerprint density at radius 1 is 1.11 bits per heavy atom. The van der Waals surface area contributed by atoms with Crippen LogP contribution in [0.2, 0.25) is 0 Å². The largest absolute Gasteiger partial charge is 0.461 e. The number of hydrogen-bond donors (Lipinski definition) is 2. The summed E-state index contributed by atoms with van der Waals surface area (Å²) in [6.07, 6.45) is 0. The van der Waals surface area contributed by atoms with Gasteiger partial charge in [-0.15, -0.1) is 0 Å². The lowest BCUT2D eigenvalue weighted by atomic mass is 9.87. The molecular formula is C21H24N2O4S. The van der Waals surface area contributed by atoms with Crippen LogP contribution in [0.3, 0.4) is 0 Å². The van der Waals surface area contributed by atoms with Crippen LogP contribution in [0.4, 0.5) is 5.69 Å². The molecule has 1 heterocycles. The third-order valence-electron chi connectivity index (χ3n) is 4.43. The second-order valence-corrected chi connectivity index (χ2v) is 9.24. The van der Waals surface area contributed by atoms with Gasteiger partial charge in [-0.1, -0.05) is 45.0 Å². The van der Waals surface area contributed by atoms with Crippen molar-refractivity contribution in [1.82, 2.24) is 4.98 Å². The third kappa shape index (κ3) is 4.04. The Kier molecular flexibility index (Phi) is 5.21. The van der Waals surface area contributed by atoms with Gasteiger partial charge in [-0.05, 0) is 42.2 Å². The van der Waals surface area contributed by atoms with E-state index in [1.54, 1.807) is 43.3 Å². The number of benzene rings is 2. The highest BCUT2D eigenvalue weighted by atomic mass is 32.2. The van der Waals surface area contributed by atoms with Crippen LogP contribution in [-0.2, 0) is 20.2 Å². The molecule has 0 unspecified atom stereocenters. The van der Waals surface area contributed by atoms with Gasteiger partial charge in [0.05, 0.1) is 22.7 Å². The molecule has 0 aliphatic rings. The molecule has 7 heteroatoms. The van der Waals surface area contributed by atoms with Crippen LogP contribution < -0.4 is 4.72 Å². The number of rotatable bonds is 5. The molecule has 0 fully saturated rings. The summed E-state index contributed by atoms with van der Waals surface area (Å²) in [6.45, 7) is 8.20. The summed E-state index contributed by atoms with van der Waals surface area (Å²) in [5.74, 6) is -0.481. The van der Waals surface area contributed by atoms with Crippen LogP contribution in [0.25, 0.3) is 10.9 Å². The lowest BCUT2D eigenvalue weighted by Gasteiger charge is -2.19. The van der Waals surface area contributed by atoms with Gasteiger partial charge in [0.15, 0.2) is 0 Å². The minimum atomic E-state index is -3.77. The van der Waals surface area contributed by atoms with E-state index in [4.69, 9.17) is 4.74 Å². The Bertz CT molecular complexity index is 1110. The van der Waals surface area contributed by atoms with Crippen LogP contribution in [0, 0.1) is 0 Å². The molecular weight excluding hydrogens is 376 g/mol. The normalized spacial score (nSPS) is 12.1. The first kappa shape index (κ1) is 19.9. The van der Waals surface area contributed by atoms with E-state index < -0.39 is 16.0 Å². The van der Waals surface area contributed by atoms with Crippen molar-refractivity contribution in [2.24, 2.45) is 0 Å². The number of carbonyl (C=O) groups is 1. The number of hydrogen-bond acceptors (Lipinski definition) is 4. The molecule has 0 aliphatic carbocycles. The van der Waals surface area contributed by atoms with Gasteiger partial charge in [0.25, 0.3) is 10.0 Å². The first-order chi connectivity index (χ1) is 13.1. The number of H-pyrrole nitrogens is 1. The first-order valence-electron chi connectivity index (χ1n) is 9.04. The molecule has 6 nitrogen and oxygen atoms in total. The zero-order chi connectivity index (χ0) is 20.5. The Morgan fingerprint density at radius 3 is 2.39 bits per heavy atom. The standard InChI is InChI=1S/C21H24N2O4S/c1-5-27-20(24)18-13-14-7-6-8-17(19(14)22-18)23-28(25,26)16-11-9-15(10-12-16)21(2,3)4/h6-13,22-23H,5H2,1-4H3. The Labute approximate surface area is 165 Å². The molecule has 0 bridgehead atoms. The summed E-state index contributed by atoms with van der Waals surface area (Å²) in [7, 11) is -3.77. The zero-order valence-electron chi connectivity index (χ0n) is 16.4. The second kappa shape index (κ2) is 7.31. The number of carbonyl (C=O) groups excluding carboxylic acids is 1. The highest BCUT2D eigenvalue weighted by Crippen LogP contribution is 2.28. The first-order valence-corrected chi connectivity index (χ1v) is 10.5. The Morgan fingerprint density at radius 2 is 1.79 bits per heavy atom. The van der Waals surface area contributed by atoms with Crippen LogP contribution >= 0.6 is 0 Å². The number of esters is 1. The molecule has 3 aromatic rings. The summed E-state index contributed by atoms with van der Waals surface area (Å²) in [5, 5.41) is 0.714. The van der Waals surface area contributed by atoms with E-state index in [1.165, 1.54) is 0 Å². The van der Waals surface area contributed by atoms with Crippen molar-refractivity contribution in [1.29, 1.82) is 0 Å². The van der Waals surface area contributed by atoms with Gasteiger partial charge < -0.3 is 9.72 Å². The molecule has 2 aromatic carbocycles. The maximum atomic E-state index is 12.8. The van der Waals surface area contributed by atoms with Crippen molar-refractivity contribution < 1.29 is 17.9 Å². The van der Waals surface area contributed by atoms with E-state index in [0.717, 1.165) is 5.56 Å². The molecule has 0 spiro atoms. The van der Waals surface area contributed by atoms with E-state index >= 15 is 0 Å². The molecule has 0 aliphatic heterocycles. The average Bonchev–Trinajstić information content (AvgIpc) is 3.07. The van der Waals surface area contributed by atoms with Gasteiger partial charge >= 0.3 is 5.97 Å². The number of anilines is 1. The molecule has 0 saturated heterocycles. The molecule has 0 atom stereocenters. The number of aromatic nitrogens is 1. The second-order valence-electron chi connectivity index (χ2n) is 7.55. The van der Waals surface area contributed by atoms with Gasteiger partial charge in [-0.25, -0.2) is 13.2 Å². The topological polar surface area (TPSA) is 88.3 Å². The molecule has 2 N–H and O–H groups in total. The third-order valence-corrected chi connectivity index (χ3v) is 5.81. The van der Waals surface area contributed by atoms with Gasteiger partial charge in [-0.3, -0.25) is 4.72 Å². The van der Waals surface area contributed by atoms with Crippen molar-refractivity contribution in [2.75, 3.05) is 11.3 Å². The molecule has 0 saturated carbocycles. The fraction of sp³-hybridized carbons (Fsp3) is 0.286. The lowest BCUT2D eigenvalue weighted by Crippen LogP contribution is -2.15. The average molecular weight is 401 g/mol. The lowest BCUT2D eigenvalue weighted by molar-refractivity contribution is 0.0520. The molecule has 28 heavy (non-hydrogen) atoms. The SMILES string of the molecule is CCOC(=O)c1cc2cccc(NS(=O)(=O)c3ccc(C(C)(C)C)cc3)c2[nH]1. The van der Waals surface area contributed by atoms with Gasteiger partial charge in [0.2, 0.25) is 0 Å². The van der Waals surface area contributed by atoms with Gasteiger partial charge in [0, 0.05) is 5.39 Å². The monoisotopic (exact) mass is 400 g/mol. The van der Waals surface area contributed by atoms with Crippen LogP contribution in [0.15, 0.2) is 53.4 Å². The molecule has 0 amide bonds. The molecule has 3 rings (SSSR count). The number of fused-ring (bicyclic) bond motifs is 1. The summed E-state index contributed by atoms with van der Waals surface area (Å²) >= 11 is 0. The fourth-order valence-corrected chi connectivity index (χ4v) is 3.97. The van der Waals surface area contributed by atoms with Gasteiger partial charge in [0.1, 0.15) is 5.69 Å². The minimum Gasteiger partial charge on any atom is -0.461 e. The number of sulfonamides is 1. The predicted octanol–water partition coefficient (Wildman–Crippen LogP) is 4.44. The molecule has 0 radical (unpaired) electrons. The van der Waals surface area contributed by atoms with E-state index in [0.29, 0.717) is 16.6 Å². The summed E-state index contributed by atoms with van der Waals surface area (Å²) in [6, 6.07) is 13.7. The van der Waals surface area contributed by atoms with E-state index in [9.17, 15) is 13.2 Å². The number of aromatic amines is 1. The number of nitrogens with one attached hydrogen (secondary N) is 2. The number of ether oxygens (including phenoxy) is 1. The maximum absolute atomic E-state index is 12.8. The molecule has 148 valence electrons. The fourth-order valence-electron chi connectivity index (χ4n) is 2.90. The van der Waals surface area contributed by atoms with Crippen LogP contribution in [0.1, 0.15) is 43.7 Å². The van der Waals surface area contributed by atoms with Crippen LogP contribution in [0.5, 0.6) is 0 Å². The number of para-hydroxylation sites is 1.